The van der Waals surface area contributed by atoms with Gasteiger partial charge in [0.05, 0.1) is 22.7 Å². The molecule has 0 atom stereocenters. The monoisotopic (exact) mass is 450 g/mol. The molecule has 0 aliphatic carbocycles. The van der Waals surface area contributed by atoms with Crippen molar-refractivity contribution in [1.29, 1.82) is 0 Å². The van der Waals surface area contributed by atoms with Gasteiger partial charge in [0, 0.05) is 0 Å². The summed E-state index contributed by atoms with van der Waals surface area (Å²) in [6, 6.07) is 22.7. The average Bonchev–Trinajstić information content (AvgIpc) is 3.13. The van der Waals surface area contributed by atoms with Gasteiger partial charge in [-0.1, -0.05) is 60.1 Å². The molecule has 0 saturated carbocycles. The number of nitrogens with zero attached hydrogens (tertiary/aromatic N) is 1. The molecule has 156 valence electrons. The minimum Gasteiger partial charge on any atom is -0.493 e. The summed E-state index contributed by atoms with van der Waals surface area (Å²) in [5.74, 6) is 1.02. The Morgan fingerprint density at radius 1 is 1.03 bits per heavy atom. The Kier molecular flexibility index (Phi) is 6.60. The van der Waals surface area contributed by atoms with E-state index in [4.69, 9.17) is 21.1 Å². The number of thioether (sulfide) groups is 1. The van der Waals surface area contributed by atoms with E-state index in [1.165, 1.54) is 11.8 Å². The van der Waals surface area contributed by atoms with E-state index in [0.29, 0.717) is 38.9 Å². The van der Waals surface area contributed by atoms with E-state index in [9.17, 15) is 4.79 Å². The Balaban J connectivity index is 1.50. The molecule has 1 fully saturated rings. The van der Waals surface area contributed by atoms with Crippen molar-refractivity contribution in [2.45, 2.75) is 6.61 Å². The van der Waals surface area contributed by atoms with Crippen LogP contribution in [0.3, 0.4) is 0 Å². The second kappa shape index (κ2) is 9.73. The molecule has 0 bridgehead atoms. The number of nitrogens with one attached hydrogen (secondary N) is 1. The molecule has 1 amide bonds. The van der Waals surface area contributed by atoms with Crippen LogP contribution >= 0.6 is 23.4 Å². The number of para-hydroxylation sites is 1. The molecule has 3 aromatic rings. The fraction of sp³-hybridized carbons (Fsp3) is 0.0833. The van der Waals surface area contributed by atoms with E-state index in [1.807, 2.05) is 60.7 Å². The van der Waals surface area contributed by atoms with Gasteiger partial charge in [-0.25, -0.2) is 4.99 Å². The molecular formula is C24H19ClN2O3S. The number of amides is 1. The lowest BCUT2D eigenvalue weighted by Crippen LogP contribution is -2.19. The molecule has 3 aromatic carbocycles. The van der Waals surface area contributed by atoms with Gasteiger partial charge in [0.15, 0.2) is 16.7 Å². The van der Waals surface area contributed by atoms with Gasteiger partial charge >= 0.3 is 0 Å². The largest absolute Gasteiger partial charge is 0.493 e. The third kappa shape index (κ3) is 5.29. The van der Waals surface area contributed by atoms with Gasteiger partial charge in [-0.15, -0.1) is 0 Å². The molecule has 1 N–H and O–H groups in total. The minimum absolute atomic E-state index is 0.209. The maximum absolute atomic E-state index is 12.4. The van der Waals surface area contributed by atoms with Gasteiger partial charge in [0.2, 0.25) is 0 Å². The van der Waals surface area contributed by atoms with E-state index in [2.05, 4.69) is 10.3 Å². The molecule has 0 unspecified atom stereocenters. The highest BCUT2D eigenvalue weighted by Gasteiger charge is 2.24. The Morgan fingerprint density at radius 3 is 2.58 bits per heavy atom. The van der Waals surface area contributed by atoms with Crippen molar-refractivity contribution in [3.8, 4) is 11.5 Å². The maximum Gasteiger partial charge on any atom is 0.264 e. The van der Waals surface area contributed by atoms with Crippen molar-refractivity contribution >= 4 is 46.2 Å². The van der Waals surface area contributed by atoms with Crippen LogP contribution in [0.4, 0.5) is 5.69 Å². The SMILES string of the molecule is COc1cc(/C=C2\SC(=Nc3ccccc3Cl)NC2=O)ccc1OCc1ccccc1. The fourth-order valence-corrected chi connectivity index (χ4v) is 3.92. The van der Waals surface area contributed by atoms with Crippen LogP contribution in [0.15, 0.2) is 82.7 Å². The summed E-state index contributed by atoms with van der Waals surface area (Å²) < 4.78 is 11.4. The molecule has 1 heterocycles. The second-order valence-electron chi connectivity index (χ2n) is 6.62. The van der Waals surface area contributed by atoms with E-state index >= 15 is 0 Å². The highest BCUT2D eigenvalue weighted by molar-refractivity contribution is 8.18. The van der Waals surface area contributed by atoms with Crippen molar-refractivity contribution in [2.24, 2.45) is 4.99 Å². The van der Waals surface area contributed by atoms with E-state index in [1.54, 1.807) is 25.3 Å². The van der Waals surface area contributed by atoms with Crippen LogP contribution in [0, 0.1) is 0 Å². The molecule has 7 heteroatoms. The Bertz CT molecular complexity index is 1160. The third-order valence-electron chi connectivity index (χ3n) is 4.45. The number of hydrogen-bond donors (Lipinski definition) is 1. The minimum atomic E-state index is -0.209. The van der Waals surface area contributed by atoms with E-state index in [-0.39, 0.29) is 5.91 Å². The van der Waals surface area contributed by atoms with Crippen LogP contribution in [0.25, 0.3) is 6.08 Å². The van der Waals surface area contributed by atoms with Gasteiger partial charge in [-0.05, 0) is 53.2 Å². The number of benzene rings is 3. The summed E-state index contributed by atoms with van der Waals surface area (Å²) >= 11 is 7.41. The first kappa shape index (κ1) is 21.0. The number of halogens is 1. The summed E-state index contributed by atoms with van der Waals surface area (Å²) in [5.41, 5.74) is 2.50. The predicted octanol–water partition coefficient (Wildman–Crippen LogP) is 5.82. The Labute approximate surface area is 189 Å². The smallest absolute Gasteiger partial charge is 0.264 e. The highest BCUT2D eigenvalue weighted by Crippen LogP contribution is 2.33. The Morgan fingerprint density at radius 2 is 1.81 bits per heavy atom. The Hall–Kier alpha value is -3.22. The van der Waals surface area contributed by atoms with Gasteiger partial charge in [0.25, 0.3) is 5.91 Å². The zero-order valence-electron chi connectivity index (χ0n) is 16.7. The lowest BCUT2D eigenvalue weighted by Gasteiger charge is -2.11. The molecule has 4 rings (SSSR count). The molecule has 1 aliphatic rings. The molecule has 0 radical (unpaired) electrons. The maximum atomic E-state index is 12.4. The van der Waals surface area contributed by atoms with Gasteiger partial charge in [-0.3, -0.25) is 4.79 Å². The van der Waals surface area contributed by atoms with E-state index < -0.39 is 0 Å². The third-order valence-corrected chi connectivity index (χ3v) is 5.68. The van der Waals surface area contributed by atoms with Crippen LogP contribution in [-0.2, 0) is 11.4 Å². The van der Waals surface area contributed by atoms with Crippen molar-refractivity contribution in [2.75, 3.05) is 7.11 Å². The number of carbonyl (C=O) groups excluding carboxylic acids is 1. The summed E-state index contributed by atoms with van der Waals surface area (Å²) in [4.78, 5) is 17.3. The number of amidine groups is 1. The van der Waals surface area contributed by atoms with Crippen LogP contribution in [-0.4, -0.2) is 18.2 Å². The number of aliphatic imine (C=N–C) groups is 1. The summed E-state index contributed by atoms with van der Waals surface area (Å²) in [7, 11) is 1.59. The number of carbonyl (C=O) groups is 1. The van der Waals surface area contributed by atoms with Crippen molar-refractivity contribution in [3.05, 3.63) is 93.9 Å². The highest BCUT2D eigenvalue weighted by atomic mass is 35.5. The quantitative estimate of drug-likeness (QED) is 0.481. The zero-order valence-corrected chi connectivity index (χ0v) is 18.2. The summed E-state index contributed by atoms with van der Waals surface area (Å²) in [5, 5.41) is 3.78. The molecule has 1 aliphatic heterocycles. The molecular weight excluding hydrogens is 432 g/mol. The first-order valence-corrected chi connectivity index (χ1v) is 10.7. The number of hydrogen-bond acceptors (Lipinski definition) is 5. The van der Waals surface area contributed by atoms with Gasteiger partial charge < -0.3 is 14.8 Å². The number of ether oxygens (including phenoxy) is 2. The van der Waals surface area contributed by atoms with Crippen LogP contribution in [0.1, 0.15) is 11.1 Å². The lowest BCUT2D eigenvalue weighted by molar-refractivity contribution is -0.115. The van der Waals surface area contributed by atoms with Gasteiger partial charge in [-0.2, -0.15) is 0 Å². The van der Waals surface area contributed by atoms with Crippen LogP contribution in [0.5, 0.6) is 11.5 Å². The molecule has 5 nitrogen and oxygen atoms in total. The van der Waals surface area contributed by atoms with Crippen molar-refractivity contribution in [1.82, 2.24) is 5.32 Å². The molecule has 1 saturated heterocycles. The first-order valence-electron chi connectivity index (χ1n) is 9.51. The van der Waals surface area contributed by atoms with Crippen LogP contribution in [0.2, 0.25) is 5.02 Å². The lowest BCUT2D eigenvalue weighted by atomic mass is 10.2. The second-order valence-corrected chi connectivity index (χ2v) is 8.06. The molecule has 0 aromatic heterocycles. The number of methoxy groups -OCH3 is 1. The average molecular weight is 451 g/mol. The summed E-state index contributed by atoms with van der Waals surface area (Å²) in [6.45, 7) is 0.442. The van der Waals surface area contributed by atoms with Gasteiger partial charge in [0.1, 0.15) is 6.61 Å². The van der Waals surface area contributed by atoms with Crippen LogP contribution < -0.4 is 14.8 Å². The predicted molar refractivity (Wildman–Crippen MR) is 126 cm³/mol. The topological polar surface area (TPSA) is 59.9 Å². The molecule has 0 spiro atoms. The number of rotatable bonds is 6. The standard InChI is InChI=1S/C24H19ClN2O3S/c1-29-21-13-17(11-12-20(21)30-15-16-7-3-2-4-8-16)14-22-23(28)27-24(31-22)26-19-10-6-5-9-18(19)25/h2-14H,15H2,1H3,(H,26,27,28)/b22-14-. The fourth-order valence-electron chi connectivity index (χ4n) is 2.91. The van der Waals surface area contributed by atoms with E-state index in [0.717, 1.165) is 11.1 Å². The summed E-state index contributed by atoms with van der Waals surface area (Å²) in [6.07, 6.45) is 1.79. The zero-order chi connectivity index (χ0) is 21.6. The first-order chi connectivity index (χ1) is 15.1. The molecule has 31 heavy (non-hydrogen) atoms. The van der Waals surface area contributed by atoms with Crippen molar-refractivity contribution < 1.29 is 14.3 Å². The normalized spacial score (nSPS) is 15.9. The van der Waals surface area contributed by atoms with Crippen molar-refractivity contribution in [3.63, 3.8) is 0 Å².